The summed E-state index contributed by atoms with van der Waals surface area (Å²) in [6.07, 6.45) is 7.93. The van der Waals surface area contributed by atoms with E-state index >= 15 is 0 Å². The third-order valence-corrected chi connectivity index (χ3v) is 4.50. The fraction of sp³-hybridized carbons (Fsp3) is 0.857. The fourth-order valence-corrected chi connectivity index (χ4v) is 3.00. The molecule has 2 N–H and O–H groups in total. The lowest BCUT2D eigenvalue weighted by molar-refractivity contribution is -0.143. The van der Waals surface area contributed by atoms with Crippen molar-refractivity contribution in [3.05, 3.63) is 0 Å². The monoisotopic (exact) mass is 253 g/mol. The number of amides is 1. The summed E-state index contributed by atoms with van der Waals surface area (Å²) in [5, 5.41) is 11.7. The summed E-state index contributed by atoms with van der Waals surface area (Å²) in [5.74, 6) is 0.0357. The lowest BCUT2D eigenvalue weighted by Crippen LogP contribution is -2.43. The van der Waals surface area contributed by atoms with Gasteiger partial charge in [-0.3, -0.25) is 4.79 Å². The van der Waals surface area contributed by atoms with Gasteiger partial charge in [0.25, 0.3) is 0 Å². The summed E-state index contributed by atoms with van der Waals surface area (Å²) in [5.41, 5.74) is -0.927. The summed E-state index contributed by atoms with van der Waals surface area (Å²) in [6, 6.07) is 0. The molecular weight excluding hydrogens is 230 g/mol. The molecule has 2 rings (SSSR count). The van der Waals surface area contributed by atoms with E-state index in [0.717, 1.165) is 0 Å². The van der Waals surface area contributed by atoms with Crippen LogP contribution < -0.4 is 5.32 Å². The highest BCUT2D eigenvalue weighted by molar-refractivity contribution is 5.89. The van der Waals surface area contributed by atoms with Gasteiger partial charge in [0.1, 0.15) is 5.54 Å². The molecule has 0 aromatic heterocycles. The fourth-order valence-electron chi connectivity index (χ4n) is 3.00. The van der Waals surface area contributed by atoms with E-state index in [1.807, 2.05) is 0 Å². The number of carboxylic acid groups (broad SMARTS) is 1. The first-order chi connectivity index (χ1) is 8.53. The summed E-state index contributed by atoms with van der Waals surface area (Å²) in [7, 11) is 0. The molecular formula is C14H23NO3. The molecule has 1 atom stereocenters. The number of hydrogen-bond donors (Lipinski definition) is 2. The van der Waals surface area contributed by atoms with Crippen molar-refractivity contribution in [3.8, 4) is 0 Å². The average Bonchev–Trinajstić information content (AvgIpc) is 3.11. The smallest absolute Gasteiger partial charge is 0.329 e. The Kier molecular flexibility index (Phi) is 3.93. The lowest BCUT2D eigenvalue weighted by Gasteiger charge is -2.27. The van der Waals surface area contributed by atoms with Crippen molar-refractivity contribution < 1.29 is 14.7 Å². The SMILES string of the molecule is CC(CC(=O)NC1(C(=O)O)CC1)C1CCCCC1. The van der Waals surface area contributed by atoms with E-state index in [1.165, 1.54) is 32.1 Å². The molecule has 2 aliphatic carbocycles. The highest BCUT2D eigenvalue weighted by Gasteiger charge is 2.51. The predicted octanol–water partition coefficient (Wildman–Crippen LogP) is 2.33. The van der Waals surface area contributed by atoms with Gasteiger partial charge in [-0.1, -0.05) is 39.0 Å². The largest absolute Gasteiger partial charge is 0.480 e. The number of nitrogens with one attached hydrogen (secondary N) is 1. The van der Waals surface area contributed by atoms with Crippen molar-refractivity contribution in [2.75, 3.05) is 0 Å². The highest BCUT2D eigenvalue weighted by atomic mass is 16.4. The zero-order valence-electron chi connectivity index (χ0n) is 11.1. The summed E-state index contributed by atoms with van der Waals surface area (Å²) < 4.78 is 0. The number of carbonyl (C=O) groups excluding carboxylic acids is 1. The molecule has 2 saturated carbocycles. The van der Waals surface area contributed by atoms with Gasteiger partial charge in [-0.25, -0.2) is 4.79 Å². The molecule has 0 aromatic rings. The molecule has 2 fully saturated rings. The zero-order valence-corrected chi connectivity index (χ0v) is 11.1. The maximum absolute atomic E-state index is 11.9. The summed E-state index contributed by atoms with van der Waals surface area (Å²) >= 11 is 0. The Bertz CT molecular complexity index is 330. The van der Waals surface area contributed by atoms with Crippen LogP contribution in [0.25, 0.3) is 0 Å². The second-order valence-corrected chi connectivity index (χ2v) is 6.01. The second kappa shape index (κ2) is 5.29. The Hall–Kier alpha value is -1.06. The van der Waals surface area contributed by atoms with Gasteiger partial charge in [0, 0.05) is 6.42 Å². The van der Waals surface area contributed by atoms with Gasteiger partial charge in [-0.2, -0.15) is 0 Å². The van der Waals surface area contributed by atoms with E-state index in [0.29, 0.717) is 31.1 Å². The van der Waals surface area contributed by atoms with Crippen LogP contribution in [0.5, 0.6) is 0 Å². The van der Waals surface area contributed by atoms with Crippen LogP contribution in [0.15, 0.2) is 0 Å². The van der Waals surface area contributed by atoms with Gasteiger partial charge in [-0.05, 0) is 24.7 Å². The minimum Gasteiger partial charge on any atom is -0.480 e. The zero-order chi connectivity index (χ0) is 13.2. The third-order valence-electron chi connectivity index (χ3n) is 4.50. The number of carbonyl (C=O) groups is 2. The number of hydrogen-bond acceptors (Lipinski definition) is 2. The minimum absolute atomic E-state index is 0.0898. The molecule has 4 heteroatoms. The molecule has 0 aromatic carbocycles. The Labute approximate surface area is 108 Å². The number of carboxylic acids is 1. The molecule has 4 nitrogen and oxygen atoms in total. The summed E-state index contributed by atoms with van der Waals surface area (Å²) in [4.78, 5) is 22.9. The standard InChI is InChI=1S/C14H23NO3/c1-10(11-5-3-2-4-6-11)9-12(16)15-14(7-8-14)13(17)18/h10-11H,2-9H2,1H3,(H,15,16)(H,17,18). The van der Waals surface area contributed by atoms with Gasteiger partial charge in [0.05, 0.1) is 0 Å². The molecule has 1 amide bonds. The third kappa shape index (κ3) is 3.03. The molecule has 0 saturated heterocycles. The van der Waals surface area contributed by atoms with E-state index in [9.17, 15) is 9.59 Å². The minimum atomic E-state index is -0.927. The van der Waals surface area contributed by atoms with Crippen LogP contribution in [0, 0.1) is 11.8 Å². The van der Waals surface area contributed by atoms with Crippen molar-refractivity contribution in [1.29, 1.82) is 0 Å². The molecule has 0 aliphatic heterocycles. The average molecular weight is 253 g/mol. The van der Waals surface area contributed by atoms with E-state index in [4.69, 9.17) is 5.11 Å². The van der Waals surface area contributed by atoms with Gasteiger partial charge in [0.2, 0.25) is 5.91 Å². The Morgan fingerprint density at radius 2 is 1.89 bits per heavy atom. The molecule has 0 radical (unpaired) electrons. The normalized spacial score (nSPS) is 24.3. The number of aliphatic carboxylic acids is 1. The van der Waals surface area contributed by atoms with Crippen molar-refractivity contribution in [1.82, 2.24) is 5.32 Å². The van der Waals surface area contributed by atoms with E-state index < -0.39 is 11.5 Å². The van der Waals surface area contributed by atoms with Crippen LogP contribution in [0.3, 0.4) is 0 Å². The van der Waals surface area contributed by atoms with Crippen LogP contribution in [-0.2, 0) is 9.59 Å². The van der Waals surface area contributed by atoms with Crippen LogP contribution in [0.2, 0.25) is 0 Å². The Morgan fingerprint density at radius 1 is 1.28 bits per heavy atom. The van der Waals surface area contributed by atoms with Gasteiger partial charge < -0.3 is 10.4 Å². The van der Waals surface area contributed by atoms with Gasteiger partial charge in [-0.15, -0.1) is 0 Å². The molecule has 0 spiro atoms. The first kappa shape index (κ1) is 13.4. The van der Waals surface area contributed by atoms with E-state index in [-0.39, 0.29) is 5.91 Å². The Balaban J connectivity index is 1.78. The van der Waals surface area contributed by atoms with Crippen molar-refractivity contribution in [3.63, 3.8) is 0 Å². The first-order valence-corrected chi connectivity index (χ1v) is 7.08. The maximum Gasteiger partial charge on any atom is 0.329 e. The van der Waals surface area contributed by atoms with Gasteiger partial charge in [0.15, 0.2) is 0 Å². The molecule has 0 heterocycles. The Morgan fingerprint density at radius 3 is 2.39 bits per heavy atom. The van der Waals surface area contributed by atoms with Crippen molar-refractivity contribution in [2.24, 2.45) is 11.8 Å². The van der Waals surface area contributed by atoms with Crippen molar-refractivity contribution >= 4 is 11.9 Å². The van der Waals surface area contributed by atoms with Crippen LogP contribution in [-0.4, -0.2) is 22.5 Å². The topological polar surface area (TPSA) is 66.4 Å². The maximum atomic E-state index is 11.9. The first-order valence-electron chi connectivity index (χ1n) is 7.08. The van der Waals surface area contributed by atoms with Gasteiger partial charge >= 0.3 is 5.97 Å². The van der Waals surface area contributed by atoms with Crippen molar-refractivity contribution in [2.45, 2.75) is 63.8 Å². The van der Waals surface area contributed by atoms with Crippen LogP contribution in [0.1, 0.15) is 58.3 Å². The van der Waals surface area contributed by atoms with Crippen LogP contribution >= 0.6 is 0 Å². The molecule has 102 valence electrons. The number of rotatable bonds is 5. The molecule has 1 unspecified atom stereocenters. The molecule has 18 heavy (non-hydrogen) atoms. The molecule has 0 bridgehead atoms. The van der Waals surface area contributed by atoms with E-state index in [2.05, 4.69) is 12.2 Å². The highest BCUT2D eigenvalue weighted by Crippen LogP contribution is 2.36. The predicted molar refractivity (Wildman–Crippen MR) is 68.1 cm³/mol. The second-order valence-electron chi connectivity index (χ2n) is 6.01. The lowest BCUT2D eigenvalue weighted by atomic mass is 9.79. The van der Waals surface area contributed by atoms with E-state index in [1.54, 1.807) is 0 Å². The molecule has 2 aliphatic rings. The summed E-state index contributed by atoms with van der Waals surface area (Å²) in [6.45, 7) is 2.12. The van der Waals surface area contributed by atoms with Crippen LogP contribution in [0.4, 0.5) is 0 Å². The quantitative estimate of drug-likeness (QED) is 0.790.